The largest absolute Gasteiger partial charge is 0.348 e. The summed E-state index contributed by atoms with van der Waals surface area (Å²) in [5.41, 5.74) is 1.39. The molecule has 0 bridgehead atoms. The van der Waals surface area contributed by atoms with Crippen molar-refractivity contribution in [3.63, 3.8) is 0 Å². The molecule has 0 aliphatic heterocycles. The molecule has 0 aromatic heterocycles. The molecule has 1 amide bonds. The molecule has 90 valence electrons. The van der Waals surface area contributed by atoms with E-state index < -0.39 is 4.92 Å². The number of para-hydroxylation sites is 1. The van der Waals surface area contributed by atoms with E-state index in [0.29, 0.717) is 5.56 Å². The molecule has 0 radical (unpaired) electrons. The minimum atomic E-state index is -0.456. The Hall–Kier alpha value is -2.17. The Bertz CT molecular complexity index is 463. The van der Waals surface area contributed by atoms with Gasteiger partial charge in [0.05, 0.1) is 4.92 Å². The number of nitro groups is 1. The molecule has 1 aromatic carbocycles. The number of allylic oxidation sites excluding steroid dienone is 1. The fraction of sp³-hybridized carbons (Fsp3) is 0.250. The Kier molecular flexibility index (Phi) is 4.39. The number of carbonyl (C=O) groups excluding carboxylic acids is 1. The zero-order chi connectivity index (χ0) is 12.8. The summed E-state index contributed by atoms with van der Waals surface area (Å²) in [5.74, 6) is -0.247. The van der Waals surface area contributed by atoms with Gasteiger partial charge in [-0.1, -0.05) is 23.8 Å². The van der Waals surface area contributed by atoms with E-state index in [2.05, 4.69) is 5.32 Å². The van der Waals surface area contributed by atoms with Crippen LogP contribution in [0.1, 0.15) is 19.4 Å². The highest BCUT2D eigenvalue weighted by molar-refractivity contribution is 5.88. The Labute approximate surface area is 99.3 Å². The smallest absolute Gasteiger partial charge is 0.274 e. The van der Waals surface area contributed by atoms with Crippen LogP contribution in [0.4, 0.5) is 5.69 Å². The lowest BCUT2D eigenvalue weighted by molar-refractivity contribution is -0.385. The molecule has 0 aliphatic rings. The number of carbonyl (C=O) groups is 1. The zero-order valence-corrected chi connectivity index (χ0v) is 9.77. The van der Waals surface area contributed by atoms with Gasteiger partial charge >= 0.3 is 0 Å². The van der Waals surface area contributed by atoms with Crippen molar-refractivity contribution < 1.29 is 9.72 Å². The van der Waals surface area contributed by atoms with E-state index in [4.69, 9.17) is 0 Å². The lowest BCUT2D eigenvalue weighted by Crippen LogP contribution is -2.21. The number of benzene rings is 1. The fourth-order valence-corrected chi connectivity index (χ4v) is 1.33. The van der Waals surface area contributed by atoms with Crippen LogP contribution in [0.3, 0.4) is 0 Å². The van der Waals surface area contributed by atoms with E-state index in [9.17, 15) is 14.9 Å². The third-order valence-corrected chi connectivity index (χ3v) is 2.06. The van der Waals surface area contributed by atoms with Gasteiger partial charge in [-0.05, 0) is 13.8 Å². The first kappa shape index (κ1) is 12.9. The predicted molar refractivity (Wildman–Crippen MR) is 64.4 cm³/mol. The van der Waals surface area contributed by atoms with Crippen LogP contribution in [0.5, 0.6) is 0 Å². The number of hydrogen-bond donors (Lipinski definition) is 1. The second-order valence-electron chi connectivity index (χ2n) is 3.83. The van der Waals surface area contributed by atoms with Crippen LogP contribution in [0.15, 0.2) is 35.9 Å². The lowest BCUT2D eigenvalue weighted by atomic mass is 10.2. The van der Waals surface area contributed by atoms with Crippen LogP contribution >= 0.6 is 0 Å². The van der Waals surface area contributed by atoms with Gasteiger partial charge in [-0.15, -0.1) is 0 Å². The van der Waals surface area contributed by atoms with E-state index in [1.54, 1.807) is 18.2 Å². The summed E-state index contributed by atoms with van der Waals surface area (Å²) in [6.07, 6.45) is 1.45. The van der Waals surface area contributed by atoms with Crippen molar-refractivity contribution in [3.05, 3.63) is 51.6 Å². The van der Waals surface area contributed by atoms with Crippen LogP contribution in [-0.4, -0.2) is 10.8 Å². The molecule has 0 heterocycles. The van der Waals surface area contributed by atoms with Gasteiger partial charge < -0.3 is 5.32 Å². The molecule has 1 aromatic rings. The van der Waals surface area contributed by atoms with Gasteiger partial charge in [0.25, 0.3) is 5.69 Å². The topological polar surface area (TPSA) is 72.2 Å². The van der Waals surface area contributed by atoms with Crippen LogP contribution < -0.4 is 5.32 Å². The zero-order valence-electron chi connectivity index (χ0n) is 9.77. The normalized spacial score (nSPS) is 9.53. The van der Waals surface area contributed by atoms with E-state index >= 15 is 0 Å². The van der Waals surface area contributed by atoms with Crippen molar-refractivity contribution in [1.82, 2.24) is 5.32 Å². The highest BCUT2D eigenvalue weighted by Crippen LogP contribution is 2.16. The summed E-state index contributed by atoms with van der Waals surface area (Å²) in [7, 11) is 0. The van der Waals surface area contributed by atoms with Gasteiger partial charge in [-0.3, -0.25) is 14.9 Å². The summed E-state index contributed by atoms with van der Waals surface area (Å²) in [4.78, 5) is 21.6. The second-order valence-corrected chi connectivity index (χ2v) is 3.83. The van der Waals surface area contributed by atoms with Gasteiger partial charge in [-0.25, -0.2) is 0 Å². The number of nitrogens with zero attached hydrogens (tertiary/aromatic N) is 1. The monoisotopic (exact) mass is 234 g/mol. The molecular weight excluding hydrogens is 220 g/mol. The molecule has 0 saturated heterocycles. The molecular formula is C12H14N2O3. The quantitative estimate of drug-likeness (QED) is 0.493. The Morgan fingerprint density at radius 2 is 2.06 bits per heavy atom. The van der Waals surface area contributed by atoms with Gasteiger partial charge in [0.1, 0.15) is 0 Å². The van der Waals surface area contributed by atoms with Crippen LogP contribution in [0.2, 0.25) is 0 Å². The first-order valence-corrected chi connectivity index (χ1v) is 5.15. The Morgan fingerprint density at radius 1 is 1.41 bits per heavy atom. The molecule has 0 spiro atoms. The van der Waals surface area contributed by atoms with E-state index in [1.807, 2.05) is 13.8 Å². The fourth-order valence-electron chi connectivity index (χ4n) is 1.33. The molecule has 1 rings (SSSR count). The van der Waals surface area contributed by atoms with Gasteiger partial charge in [-0.2, -0.15) is 0 Å². The maximum atomic E-state index is 11.4. The van der Waals surface area contributed by atoms with Crippen molar-refractivity contribution in [3.8, 4) is 0 Å². The van der Waals surface area contributed by atoms with Crippen molar-refractivity contribution in [2.24, 2.45) is 0 Å². The van der Waals surface area contributed by atoms with Crippen LogP contribution in [0.25, 0.3) is 0 Å². The maximum absolute atomic E-state index is 11.4. The van der Waals surface area contributed by atoms with E-state index in [-0.39, 0.29) is 18.1 Å². The first-order valence-electron chi connectivity index (χ1n) is 5.15. The van der Waals surface area contributed by atoms with Gasteiger partial charge in [0, 0.05) is 24.3 Å². The maximum Gasteiger partial charge on any atom is 0.274 e. The minimum Gasteiger partial charge on any atom is -0.348 e. The highest BCUT2D eigenvalue weighted by Gasteiger charge is 2.12. The minimum absolute atomic E-state index is 0.0185. The van der Waals surface area contributed by atoms with Crippen molar-refractivity contribution >= 4 is 11.6 Å². The molecule has 0 fully saturated rings. The molecule has 0 atom stereocenters. The van der Waals surface area contributed by atoms with Crippen molar-refractivity contribution in [1.29, 1.82) is 0 Å². The average Bonchev–Trinajstić information content (AvgIpc) is 2.25. The SMILES string of the molecule is CC(C)=CC(=O)NCc1ccccc1[N+](=O)[O-]. The number of nitrogens with one attached hydrogen (secondary N) is 1. The molecule has 5 nitrogen and oxygen atoms in total. The predicted octanol–water partition coefficient (Wildman–Crippen LogP) is 2.18. The van der Waals surface area contributed by atoms with Gasteiger partial charge in [0.2, 0.25) is 5.91 Å². The summed E-state index contributed by atoms with van der Waals surface area (Å²) < 4.78 is 0. The van der Waals surface area contributed by atoms with E-state index in [1.165, 1.54) is 12.1 Å². The number of rotatable bonds is 4. The third kappa shape index (κ3) is 4.06. The molecule has 1 N–H and O–H groups in total. The second kappa shape index (κ2) is 5.79. The summed E-state index contributed by atoms with van der Waals surface area (Å²) >= 11 is 0. The molecule has 0 aliphatic carbocycles. The Balaban J connectivity index is 2.73. The third-order valence-electron chi connectivity index (χ3n) is 2.06. The number of amides is 1. The van der Waals surface area contributed by atoms with Gasteiger partial charge in [0.15, 0.2) is 0 Å². The van der Waals surface area contributed by atoms with Crippen LogP contribution in [-0.2, 0) is 11.3 Å². The van der Waals surface area contributed by atoms with Crippen LogP contribution in [0, 0.1) is 10.1 Å². The average molecular weight is 234 g/mol. The highest BCUT2D eigenvalue weighted by atomic mass is 16.6. The molecule has 0 saturated carbocycles. The first-order chi connectivity index (χ1) is 8.00. The summed E-state index contributed by atoms with van der Waals surface area (Å²) in [6.45, 7) is 3.77. The van der Waals surface area contributed by atoms with Crippen molar-refractivity contribution in [2.75, 3.05) is 0 Å². The standard InChI is InChI=1S/C12H14N2O3/c1-9(2)7-12(15)13-8-10-5-3-4-6-11(10)14(16)17/h3-7H,8H2,1-2H3,(H,13,15). The number of nitro benzene ring substituents is 1. The van der Waals surface area contributed by atoms with Crippen molar-refractivity contribution in [2.45, 2.75) is 20.4 Å². The van der Waals surface area contributed by atoms with E-state index in [0.717, 1.165) is 5.57 Å². The molecule has 0 unspecified atom stereocenters. The molecule has 5 heteroatoms. The Morgan fingerprint density at radius 3 is 2.65 bits per heavy atom. The summed E-state index contributed by atoms with van der Waals surface area (Å²) in [6, 6.07) is 6.35. The number of hydrogen-bond acceptors (Lipinski definition) is 3. The summed E-state index contributed by atoms with van der Waals surface area (Å²) in [5, 5.41) is 13.3. The lowest BCUT2D eigenvalue weighted by Gasteiger charge is -2.03. The molecule has 17 heavy (non-hydrogen) atoms.